The molecule has 1 aromatic rings. The van der Waals surface area contributed by atoms with Crippen LogP contribution in [0, 0.1) is 22.7 Å². The maximum Gasteiger partial charge on any atom is 0.509 e. The molecule has 0 radical (unpaired) electrons. The van der Waals surface area contributed by atoms with Crippen LogP contribution in [0.2, 0.25) is 0 Å². The SMILES string of the molecule is CC(=O)OC1=C2C(C)[C@@H](O)C[C@@](O)([C@@H](OC(=O)c3ccccc3)[C@@H]3[C@]4(OC(C)=O)CO[C@@H]4C[C@H](OC(=O)OC(C)(C)C)[C@@]3(C)C1=O)C2(C)C. The van der Waals surface area contributed by atoms with Crippen molar-refractivity contribution in [3.8, 4) is 0 Å². The second kappa shape index (κ2) is 12.2. The molecule has 0 amide bonds. The number of rotatable bonds is 5. The van der Waals surface area contributed by atoms with E-state index in [1.807, 2.05) is 0 Å². The fraction of sp³-hybridized carbons (Fsp3) is 0.639. The lowest BCUT2D eigenvalue weighted by Gasteiger charge is -2.67. The number of benzene rings is 1. The minimum Gasteiger partial charge on any atom is -0.455 e. The third kappa shape index (κ3) is 5.83. The molecule has 2 N–H and O–H groups in total. The molecule has 13 nitrogen and oxygen atoms in total. The van der Waals surface area contributed by atoms with Gasteiger partial charge in [0.25, 0.3) is 0 Å². The summed E-state index contributed by atoms with van der Waals surface area (Å²) in [7, 11) is 0. The van der Waals surface area contributed by atoms with Crippen LogP contribution in [0.3, 0.4) is 0 Å². The Morgan fingerprint density at radius 3 is 2.14 bits per heavy atom. The molecule has 3 aliphatic carbocycles. The monoisotopic (exact) mass is 686 g/mol. The molecule has 0 spiro atoms. The Balaban J connectivity index is 1.86. The average Bonchev–Trinajstić information content (AvgIpc) is 2.97. The van der Waals surface area contributed by atoms with E-state index in [2.05, 4.69) is 0 Å². The van der Waals surface area contributed by atoms with Crippen molar-refractivity contribution < 1.29 is 62.6 Å². The number of aliphatic hydroxyl groups is 2. The van der Waals surface area contributed by atoms with Crippen LogP contribution in [-0.4, -0.2) is 87.9 Å². The highest BCUT2D eigenvalue weighted by Gasteiger charge is 2.78. The van der Waals surface area contributed by atoms with Crippen molar-refractivity contribution in [2.24, 2.45) is 22.7 Å². The summed E-state index contributed by atoms with van der Waals surface area (Å²) >= 11 is 0. The molecular weight excluding hydrogens is 640 g/mol. The highest BCUT2D eigenvalue weighted by molar-refractivity contribution is 6.02. The molecule has 13 heteroatoms. The number of carbonyl (C=O) groups excluding carboxylic acids is 5. The van der Waals surface area contributed by atoms with Gasteiger partial charge in [-0.05, 0) is 45.4 Å². The first-order valence-electron chi connectivity index (χ1n) is 16.4. The number of ketones is 1. The van der Waals surface area contributed by atoms with Crippen molar-refractivity contribution in [1.29, 1.82) is 0 Å². The predicted molar refractivity (Wildman–Crippen MR) is 170 cm³/mol. The molecule has 1 saturated heterocycles. The van der Waals surface area contributed by atoms with Crippen LogP contribution in [0.5, 0.6) is 0 Å². The Morgan fingerprint density at radius 2 is 1.61 bits per heavy atom. The maximum absolute atomic E-state index is 15.4. The van der Waals surface area contributed by atoms with Gasteiger partial charge in [0.2, 0.25) is 5.78 Å². The van der Waals surface area contributed by atoms with E-state index in [1.165, 1.54) is 26.0 Å². The van der Waals surface area contributed by atoms with Crippen LogP contribution in [0.1, 0.15) is 85.5 Å². The van der Waals surface area contributed by atoms with Crippen molar-refractivity contribution in [1.82, 2.24) is 0 Å². The van der Waals surface area contributed by atoms with E-state index in [1.54, 1.807) is 59.7 Å². The van der Waals surface area contributed by atoms with Crippen LogP contribution >= 0.6 is 0 Å². The minimum atomic E-state index is -2.20. The normalized spacial score (nSPS) is 36.4. The van der Waals surface area contributed by atoms with E-state index in [9.17, 15) is 29.4 Å². The number of aliphatic hydroxyl groups excluding tert-OH is 1. The fourth-order valence-corrected chi connectivity index (χ4v) is 8.43. The van der Waals surface area contributed by atoms with Crippen LogP contribution in [0.25, 0.3) is 0 Å². The topological polar surface area (TPSA) is 181 Å². The number of esters is 3. The Kier molecular flexibility index (Phi) is 9.08. The molecule has 49 heavy (non-hydrogen) atoms. The van der Waals surface area contributed by atoms with Crippen molar-refractivity contribution in [3.63, 3.8) is 0 Å². The quantitative estimate of drug-likeness (QED) is 0.337. The van der Waals surface area contributed by atoms with Crippen LogP contribution in [0.4, 0.5) is 4.79 Å². The number of hydrogen-bond donors (Lipinski definition) is 2. The smallest absolute Gasteiger partial charge is 0.455 e. The van der Waals surface area contributed by atoms with Crippen molar-refractivity contribution in [2.75, 3.05) is 6.61 Å². The molecule has 1 heterocycles. The first kappa shape index (κ1) is 36.5. The van der Waals surface area contributed by atoms with E-state index in [-0.39, 0.29) is 30.6 Å². The van der Waals surface area contributed by atoms with Gasteiger partial charge < -0.3 is 38.6 Å². The zero-order valence-electron chi connectivity index (χ0n) is 29.4. The van der Waals surface area contributed by atoms with Gasteiger partial charge in [-0.25, -0.2) is 9.59 Å². The van der Waals surface area contributed by atoms with Gasteiger partial charge >= 0.3 is 24.1 Å². The standard InChI is InChI=1S/C36H46O13/c1-18-22(39)16-36(43)29(47-30(41)21-13-11-10-12-14-21)27-34(9,28(40)26(45-19(2)37)25(18)33(36,7)8)23(46-31(42)49-32(4,5)6)15-24-35(27,17-44-24)48-20(3)38/h10-14,18,22-24,27,29,39,43H,15-17H2,1-9H3/t18?,22-,23-,24+,27-,29-,34+,35-,36+/m0/s1. The third-order valence-corrected chi connectivity index (χ3v) is 10.8. The lowest BCUT2D eigenvalue weighted by atomic mass is 9.45. The molecule has 5 rings (SSSR count). The summed E-state index contributed by atoms with van der Waals surface area (Å²) in [5.41, 5.74) is -8.17. The summed E-state index contributed by atoms with van der Waals surface area (Å²) in [5, 5.41) is 24.6. The summed E-state index contributed by atoms with van der Waals surface area (Å²) < 4.78 is 35.4. The Bertz CT molecular complexity index is 1570. The van der Waals surface area contributed by atoms with Crippen LogP contribution < -0.4 is 0 Å². The van der Waals surface area contributed by atoms with Gasteiger partial charge in [0.1, 0.15) is 29.5 Å². The van der Waals surface area contributed by atoms with E-state index < -0.39 is 99.5 Å². The van der Waals surface area contributed by atoms with Crippen LogP contribution in [0.15, 0.2) is 41.7 Å². The molecule has 3 fully saturated rings. The summed E-state index contributed by atoms with van der Waals surface area (Å²) in [5.74, 6) is -6.06. The maximum atomic E-state index is 15.4. The molecule has 1 aliphatic heterocycles. The Labute approximate surface area is 285 Å². The molecule has 0 aromatic heterocycles. The lowest BCUT2D eigenvalue weighted by Crippen LogP contribution is -2.81. The van der Waals surface area contributed by atoms with E-state index in [0.717, 1.165) is 6.92 Å². The first-order valence-corrected chi connectivity index (χ1v) is 16.4. The van der Waals surface area contributed by atoms with Gasteiger partial charge in [-0.3, -0.25) is 14.4 Å². The van der Waals surface area contributed by atoms with Crippen molar-refractivity contribution in [2.45, 2.75) is 116 Å². The number of Topliss-reactive ketones (excluding diaryl/α,β-unsaturated/α-hetero) is 1. The van der Waals surface area contributed by atoms with Gasteiger partial charge in [-0.15, -0.1) is 0 Å². The van der Waals surface area contributed by atoms with Gasteiger partial charge in [-0.1, -0.05) is 39.0 Å². The Hall–Kier alpha value is -3.81. The highest BCUT2D eigenvalue weighted by atomic mass is 16.7. The lowest BCUT2D eigenvalue weighted by molar-refractivity contribution is -0.345. The number of hydrogen-bond acceptors (Lipinski definition) is 13. The molecule has 9 atom stereocenters. The summed E-state index contributed by atoms with van der Waals surface area (Å²) in [6.07, 6.45) is -7.04. The largest absolute Gasteiger partial charge is 0.509 e. The number of allylic oxidation sites excluding steroid dienone is 1. The fourth-order valence-electron chi connectivity index (χ4n) is 8.43. The van der Waals surface area contributed by atoms with Crippen molar-refractivity contribution >= 4 is 29.8 Å². The predicted octanol–water partition coefficient (Wildman–Crippen LogP) is 3.82. The van der Waals surface area contributed by atoms with Gasteiger partial charge in [-0.2, -0.15) is 0 Å². The van der Waals surface area contributed by atoms with Gasteiger partial charge in [0.15, 0.2) is 11.4 Å². The van der Waals surface area contributed by atoms with Gasteiger partial charge in [0.05, 0.1) is 29.6 Å². The molecule has 2 bridgehead atoms. The zero-order chi connectivity index (χ0) is 36.5. The summed E-state index contributed by atoms with van der Waals surface area (Å²) in [4.78, 5) is 68.2. The summed E-state index contributed by atoms with van der Waals surface area (Å²) in [6, 6.07) is 7.98. The third-order valence-electron chi connectivity index (χ3n) is 10.8. The number of fused-ring (bicyclic) bond motifs is 5. The second-order valence-electron chi connectivity index (χ2n) is 15.4. The minimum absolute atomic E-state index is 0.110. The molecule has 4 aliphatic rings. The number of ether oxygens (including phenoxy) is 6. The number of carbonyl (C=O) groups is 5. The van der Waals surface area contributed by atoms with Crippen LogP contribution in [-0.2, 0) is 42.8 Å². The average molecular weight is 687 g/mol. The van der Waals surface area contributed by atoms with Gasteiger partial charge in [0, 0.05) is 38.0 Å². The van der Waals surface area contributed by atoms with E-state index >= 15 is 4.79 Å². The molecule has 1 unspecified atom stereocenters. The zero-order valence-corrected chi connectivity index (χ0v) is 29.4. The first-order chi connectivity index (χ1) is 22.6. The Morgan fingerprint density at radius 1 is 0.980 bits per heavy atom. The molecule has 268 valence electrons. The molecule has 2 saturated carbocycles. The molecule has 1 aromatic carbocycles. The van der Waals surface area contributed by atoms with E-state index in [4.69, 9.17) is 28.4 Å². The summed E-state index contributed by atoms with van der Waals surface area (Å²) in [6.45, 7) is 13.2. The second-order valence-corrected chi connectivity index (χ2v) is 15.4. The molecular formula is C36H46O13. The van der Waals surface area contributed by atoms with Crippen molar-refractivity contribution in [3.05, 3.63) is 47.2 Å². The van der Waals surface area contributed by atoms with E-state index in [0.29, 0.717) is 0 Å². The highest BCUT2D eigenvalue weighted by Crippen LogP contribution is 2.65.